The molecular weight excluding hydrogens is 192 g/mol. The maximum Gasteiger partial charge on any atom is 0.136 e. The molecule has 1 atom stereocenters. The van der Waals surface area contributed by atoms with Gasteiger partial charge in [0.05, 0.1) is 6.26 Å². The van der Waals surface area contributed by atoms with Crippen LogP contribution in [0.2, 0.25) is 0 Å². The minimum Gasteiger partial charge on any atom is -0.469 e. The van der Waals surface area contributed by atoms with Crippen LogP contribution >= 0.6 is 0 Å². The van der Waals surface area contributed by atoms with Crippen molar-refractivity contribution in [1.82, 2.24) is 0 Å². The molecular formula is C12H18O3. The zero-order valence-corrected chi connectivity index (χ0v) is 9.36. The number of carbonyl (C=O) groups is 1. The molecule has 84 valence electrons. The Bertz CT molecular complexity index is 277. The highest BCUT2D eigenvalue weighted by molar-refractivity contribution is 5.80. The smallest absolute Gasteiger partial charge is 0.136 e. The number of ether oxygens (including phenoxy) is 1. The fourth-order valence-corrected chi connectivity index (χ4v) is 1.40. The van der Waals surface area contributed by atoms with Gasteiger partial charge in [-0.1, -0.05) is 6.92 Å². The van der Waals surface area contributed by atoms with Crippen LogP contribution in [0.1, 0.15) is 25.5 Å². The molecule has 1 aromatic heterocycles. The van der Waals surface area contributed by atoms with Crippen molar-refractivity contribution in [3.8, 4) is 0 Å². The van der Waals surface area contributed by atoms with E-state index in [2.05, 4.69) is 0 Å². The Kier molecular flexibility index (Phi) is 5.12. The topological polar surface area (TPSA) is 39.4 Å². The van der Waals surface area contributed by atoms with E-state index in [1.165, 1.54) is 0 Å². The third kappa shape index (κ3) is 4.30. The van der Waals surface area contributed by atoms with Gasteiger partial charge in [-0.2, -0.15) is 0 Å². The Labute approximate surface area is 90.4 Å². The lowest BCUT2D eigenvalue weighted by molar-refractivity contribution is -0.122. The van der Waals surface area contributed by atoms with E-state index in [1.54, 1.807) is 13.4 Å². The van der Waals surface area contributed by atoms with Gasteiger partial charge in [-0.3, -0.25) is 4.79 Å². The van der Waals surface area contributed by atoms with E-state index in [0.29, 0.717) is 19.4 Å². The van der Waals surface area contributed by atoms with Crippen LogP contribution in [0.4, 0.5) is 0 Å². The Morgan fingerprint density at radius 1 is 1.60 bits per heavy atom. The standard InChI is InChI=1S/C12H18O3/c1-10(7-9-14-2)12(13)6-5-11-4-3-8-15-11/h3-4,8,10H,5-7,9H2,1-2H3. The number of methoxy groups -OCH3 is 1. The molecule has 1 rings (SSSR count). The van der Waals surface area contributed by atoms with E-state index >= 15 is 0 Å². The first-order valence-corrected chi connectivity index (χ1v) is 5.28. The highest BCUT2D eigenvalue weighted by Crippen LogP contribution is 2.10. The minimum absolute atomic E-state index is 0.0833. The molecule has 3 heteroatoms. The van der Waals surface area contributed by atoms with Gasteiger partial charge < -0.3 is 9.15 Å². The number of rotatable bonds is 7. The fraction of sp³-hybridized carbons (Fsp3) is 0.583. The van der Waals surface area contributed by atoms with Crippen molar-refractivity contribution in [1.29, 1.82) is 0 Å². The number of furan rings is 1. The molecule has 1 aromatic rings. The summed E-state index contributed by atoms with van der Waals surface area (Å²) in [5, 5.41) is 0. The van der Waals surface area contributed by atoms with E-state index in [1.807, 2.05) is 19.1 Å². The van der Waals surface area contributed by atoms with Crippen molar-refractivity contribution in [2.45, 2.75) is 26.2 Å². The molecule has 0 aliphatic rings. The van der Waals surface area contributed by atoms with E-state index in [9.17, 15) is 4.79 Å². The second-order valence-corrected chi connectivity index (χ2v) is 3.73. The second-order valence-electron chi connectivity index (χ2n) is 3.73. The summed E-state index contributed by atoms with van der Waals surface area (Å²) >= 11 is 0. The quantitative estimate of drug-likeness (QED) is 0.694. The first kappa shape index (κ1) is 12.0. The highest BCUT2D eigenvalue weighted by atomic mass is 16.5. The Balaban J connectivity index is 2.23. The average Bonchev–Trinajstić information content (AvgIpc) is 2.75. The summed E-state index contributed by atoms with van der Waals surface area (Å²) in [7, 11) is 1.65. The number of hydrogen-bond donors (Lipinski definition) is 0. The van der Waals surface area contributed by atoms with E-state index in [4.69, 9.17) is 9.15 Å². The minimum atomic E-state index is 0.0833. The van der Waals surface area contributed by atoms with E-state index in [-0.39, 0.29) is 11.7 Å². The lowest BCUT2D eigenvalue weighted by Gasteiger charge is -2.08. The Morgan fingerprint density at radius 3 is 3.00 bits per heavy atom. The van der Waals surface area contributed by atoms with Gasteiger partial charge in [0.2, 0.25) is 0 Å². The van der Waals surface area contributed by atoms with Gasteiger partial charge in [-0.05, 0) is 18.6 Å². The largest absolute Gasteiger partial charge is 0.469 e. The van der Waals surface area contributed by atoms with Gasteiger partial charge in [-0.15, -0.1) is 0 Å². The first-order chi connectivity index (χ1) is 7.24. The summed E-state index contributed by atoms with van der Waals surface area (Å²) in [6.07, 6.45) is 3.68. The molecule has 0 aliphatic heterocycles. The van der Waals surface area contributed by atoms with Crippen molar-refractivity contribution in [2.75, 3.05) is 13.7 Å². The van der Waals surface area contributed by atoms with Crippen molar-refractivity contribution in [3.05, 3.63) is 24.2 Å². The Morgan fingerprint density at radius 2 is 2.40 bits per heavy atom. The van der Waals surface area contributed by atoms with Crippen LogP contribution < -0.4 is 0 Å². The third-order valence-electron chi connectivity index (χ3n) is 2.50. The molecule has 0 radical (unpaired) electrons. The molecule has 0 spiro atoms. The van der Waals surface area contributed by atoms with Crippen molar-refractivity contribution in [3.63, 3.8) is 0 Å². The molecule has 3 nitrogen and oxygen atoms in total. The monoisotopic (exact) mass is 210 g/mol. The number of ketones is 1. The molecule has 0 bridgehead atoms. The highest BCUT2D eigenvalue weighted by Gasteiger charge is 2.12. The Hall–Kier alpha value is -1.09. The zero-order valence-electron chi connectivity index (χ0n) is 9.36. The molecule has 0 saturated heterocycles. The van der Waals surface area contributed by atoms with Gasteiger partial charge in [0.1, 0.15) is 11.5 Å². The summed E-state index contributed by atoms with van der Waals surface area (Å²) in [5.74, 6) is 1.24. The molecule has 0 aliphatic carbocycles. The maximum atomic E-state index is 11.6. The van der Waals surface area contributed by atoms with E-state index < -0.39 is 0 Å². The molecule has 0 amide bonds. The summed E-state index contributed by atoms with van der Waals surface area (Å²) in [6.45, 7) is 2.59. The molecule has 0 N–H and O–H groups in total. The van der Waals surface area contributed by atoms with Crippen LogP contribution in [0.3, 0.4) is 0 Å². The summed E-state index contributed by atoms with van der Waals surface area (Å²) in [5.41, 5.74) is 0. The molecule has 0 saturated carbocycles. The number of carbonyl (C=O) groups excluding carboxylic acids is 1. The van der Waals surface area contributed by atoms with Crippen LogP contribution in [-0.2, 0) is 16.0 Å². The van der Waals surface area contributed by atoms with Gasteiger partial charge in [0.25, 0.3) is 0 Å². The van der Waals surface area contributed by atoms with Gasteiger partial charge in [-0.25, -0.2) is 0 Å². The average molecular weight is 210 g/mol. The molecule has 0 aromatic carbocycles. The summed E-state index contributed by atoms with van der Waals surface area (Å²) in [6, 6.07) is 3.74. The van der Waals surface area contributed by atoms with Crippen molar-refractivity contribution >= 4 is 5.78 Å². The summed E-state index contributed by atoms with van der Waals surface area (Å²) in [4.78, 5) is 11.6. The van der Waals surface area contributed by atoms with Crippen molar-refractivity contribution < 1.29 is 13.9 Å². The van der Waals surface area contributed by atoms with Gasteiger partial charge in [0.15, 0.2) is 0 Å². The lowest BCUT2D eigenvalue weighted by atomic mass is 9.99. The normalized spacial score (nSPS) is 12.7. The summed E-state index contributed by atoms with van der Waals surface area (Å²) < 4.78 is 10.1. The maximum absolute atomic E-state index is 11.6. The predicted octanol–water partition coefficient (Wildman–Crippen LogP) is 2.45. The SMILES string of the molecule is COCCC(C)C(=O)CCc1ccco1. The molecule has 1 unspecified atom stereocenters. The van der Waals surface area contributed by atoms with Crippen LogP contribution in [0, 0.1) is 5.92 Å². The second kappa shape index (κ2) is 6.40. The van der Waals surface area contributed by atoms with Crippen molar-refractivity contribution in [2.24, 2.45) is 5.92 Å². The van der Waals surface area contributed by atoms with Crippen LogP contribution in [0.15, 0.2) is 22.8 Å². The van der Waals surface area contributed by atoms with Gasteiger partial charge in [0, 0.05) is 32.5 Å². The van der Waals surface area contributed by atoms with E-state index in [0.717, 1.165) is 12.2 Å². The fourth-order valence-electron chi connectivity index (χ4n) is 1.40. The number of Topliss-reactive ketones (excluding diaryl/α,β-unsaturated/α-hetero) is 1. The molecule has 15 heavy (non-hydrogen) atoms. The zero-order chi connectivity index (χ0) is 11.1. The molecule has 1 heterocycles. The third-order valence-corrected chi connectivity index (χ3v) is 2.50. The number of aryl methyl sites for hydroxylation is 1. The van der Waals surface area contributed by atoms with Crippen LogP contribution in [-0.4, -0.2) is 19.5 Å². The predicted molar refractivity (Wildman–Crippen MR) is 57.7 cm³/mol. The first-order valence-electron chi connectivity index (χ1n) is 5.28. The van der Waals surface area contributed by atoms with Gasteiger partial charge >= 0.3 is 0 Å². The number of hydrogen-bond acceptors (Lipinski definition) is 3. The lowest BCUT2D eigenvalue weighted by Crippen LogP contribution is -2.13. The van der Waals surface area contributed by atoms with Crippen LogP contribution in [0.5, 0.6) is 0 Å². The van der Waals surface area contributed by atoms with Crippen LogP contribution in [0.25, 0.3) is 0 Å². The molecule has 0 fully saturated rings.